The van der Waals surface area contributed by atoms with Gasteiger partial charge in [0.15, 0.2) is 11.5 Å². The average molecular weight is 384 g/mol. The van der Waals surface area contributed by atoms with Crippen LogP contribution in [-0.4, -0.2) is 53.6 Å². The molecule has 0 unspecified atom stereocenters. The van der Waals surface area contributed by atoms with Crippen LogP contribution in [0.2, 0.25) is 0 Å². The zero-order chi connectivity index (χ0) is 20.3. The quantitative estimate of drug-likeness (QED) is 0.805. The van der Waals surface area contributed by atoms with Crippen molar-refractivity contribution in [3.63, 3.8) is 0 Å². The van der Waals surface area contributed by atoms with Gasteiger partial charge in [0.2, 0.25) is 11.8 Å². The van der Waals surface area contributed by atoms with Gasteiger partial charge in [-0.1, -0.05) is 32.9 Å². The van der Waals surface area contributed by atoms with Gasteiger partial charge in [0.05, 0.1) is 7.11 Å². The van der Waals surface area contributed by atoms with E-state index >= 15 is 0 Å². The van der Waals surface area contributed by atoms with Crippen molar-refractivity contribution in [1.29, 1.82) is 0 Å². The molecular formula is C21H28N4O3. The van der Waals surface area contributed by atoms with Crippen LogP contribution < -0.4 is 14.4 Å². The van der Waals surface area contributed by atoms with Gasteiger partial charge in [-0.15, -0.1) is 0 Å². The molecule has 1 aromatic carbocycles. The Hall–Kier alpha value is -2.83. The van der Waals surface area contributed by atoms with Crippen molar-refractivity contribution >= 4 is 11.7 Å². The number of nitrogens with zero attached hydrogens (tertiary/aromatic N) is 4. The lowest BCUT2D eigenvalue weighted by Crippen LogP contribution is -2.56. The Balaban J connectivity index is 1.72. The second-order valence-corrected chi connectivity index (χ2v) is 8.01. The third-order valence-corrected chi connectivity index (χ3v) is 4.77. The van der Waals surface area contributed by atoms with Crippen LogP contribution in [0, 0.1) is 5.41 Å². The first-order valence-electron chi connectivity index (χ1n) is 9.48. The number of methoxy groups -OCH3 is 1. The van der Waals surface area contributed by atoms with E-state index in [0.717, 1.165) is 12.4 Å². The topological polar surface area (TPSA) is 67.8 Å². The van der Waals surface area contributed by atoms with Crippen molar-refractivity contribution in [3.05, 3.63) is 36.7 Å². The number of benzene rings is 1. The Labute approximate surface area is 166 Å². The van der Waals surface area contributed by atoms with Gasteiger partial charge in [-0.2, -0.15) is 0 Å². The molecule has 1 fully saturated rings. The van der Waals surface area contributed by atoms with Crippen molar-refractivity contribution in [2.24, 2.45) is 5.41 Å². The summed E-state index contributed by atoms with van der Waals surface area (Å²) >= 11 is 0. The van der Waals surface area contributed by atoms with E-state index in [1.165, 1.54) is 6.33 Å². The summed E-state index contributed by atoms with van der Waals surface area (Å²) in [6.45, 7) is 10.1. The molecule has 0 N–H and O–H groups in total. The van der Waals surface area contributed by atoms with Gasteiger partial charge >= 0.3 is 0 Å². The first kappa shape index (κ1) is 19.9. The second-order valence-electron chi connectivity index (χ2n) is 8.01. The predicted octanol–water partition coefficient (Wildman–Crippen LogP) is 3.36. The molecule has 2 aromatic rings. The number of hydrogen-bond acceptors (Lipinski definition) is 6. The highest BCUT2D eigenvalue weighted by atomic mass is 16.5. The first-order chi connectivity index (χ1) is 13.3. The summed E-state index contributed by atoms with van der Waals surface area (Å²) in [6.07, 6.45) is 1.50. The highest BCUT2D eigenvalue weighted by Gasteiger charge is 2.34. The maximum atomic E-state index is 12.6. The van der Waals surface area contributed by atoms with Gasteiger partial charge in [-0.3, -0.25) is 4.79 Å². The van der Waals surface area contributed by atoms with Gasteiger partial charge in [-0.25, -0.2) is 9.97 Å². The Bertz CT molecular complexity index is 834. The third-order valence-electron chi connectivity index (χ3n) is 4.77. The highest BCUT2D eigenvalue weighted by molar-refractivity contribution is 5.82. The summed E-state index contributed by atoms with van der Waals surface area (Å²) in [5.41, 5.74) is -0.374. The molecule has 1 amide bonds. The number of ether oxygens (including phenoxy) is 2. The summed E-state index contributed by atoms with van der Waals surface area (Å²) in [5, 5.41) is 0. The number of anilines is 1. The molecular weight excluding hydrogens is 356 g/mol. The van der Waals surface area contributed by atoms with Crippen LogP contribution in [0.5, 0.6) is 17.4 Å². The van der Waals surface area contributed by atoms with E-state index in [1.54, 1.807) is 7.11 Å². The molecule has 1 saturated heterocycles. The molecule has 150 valence electrons. The molecule has 0 saturated carbocycles. The van der Waals surface area contributed by atoms with Gasteiger partial charge in [0.1, 0.15) is 12.1 Å². The van der Waals surface area contributed by atoms with Crippen LogP contribution in [0.1, 0.15) is 27.7 Å². The molecule has 0 radical (unpaired) electrons. The van der Waals surface area contributed by atoms with Gasteiger partial charge in [0, 0.05) is 37.2 Å². The van der Waals surface area contributed by atoms with E-state index in [1.807, 2.05) is 56.0 Å². The number of rotatable bonds is 4. The Kier molecular flexibility index (Phi) is 5.72. The van der Waals surface area contributed by atoms with Crippen molar-refractivity contribution < 1.29 is 14.3 Å². The fraction of sp³-hybridized carbons (Fsp3) is 0.476. The lowest BCUT2D eigenvalue weighted by molar-refractivity contribution is -0.142. The maximum Gasteiger partial charge on any atom is 0.228 e. The van der Waals surface area contributed by atoms with E-state index in [-0.39, 0.29) is 17.4 Å². The molecule has 0 bridgehead atoms. The monoisotopic (exact) mass is 384 g/mol. The van der Waals surface area contributed by atoms with Crippen molar-refractivity contribution in [3.8, 4) is 17.4 Å². The van der Waals surface area contributed by atoms with Crippen LogP contribution in [0.25, 0.3) is 0 Å². The molecule has 1 aliphatic rings. The fourth-order valence-corrected chi connectivity index (χ4v) is 3.27. The van der Waals surface area contributed by atoms with E-state index in [9.17, 15) is 4.79 Å². The smallest absolute Gasteiger partial charge is 0.228 e. The Morgan fingerprint density at radius 1 is 1.14 bits per heavy atom. The standard InChI is InChI=1S/C21H28N4O3/c1-15-13-24(10-11-25(15)20(26)21(2,3)4)18-12-19(23-14-22-18)28-17-9-7-6-8-16(17)27-5/h6-9,12,14-15H,10-11,13H2,1-5H3/t15-/m1/s1. The summed E-state index contributed by atoms with van der Waals surface area (Å²) in [6, 6.07) is 9.36. The number of hydrogen-bond donors (Lipinski definition) is 0. The molecule has 7 nitrogen and oxygen atoms in total. The zero-order valence-corrected chi connectivity index (χ0v) is 17.2. The molecule has 3 rings (SSSR count). The molecule has 1 atom stereocenters. The normalized spacial score (nSPS) is 17.4. The minimum atomic E-state index is -0.374. The molecule has 1 aliphatic heterocycles. The summed E-state index contributed by atoms with van der Waals surface area (Å²) in [4.78, 5) is 25.4. The Morgan fingerprint density at radius 3 is 2.50 bits per heavy atom. The number of amides is 1. The second kappa shape index (κ2) is 8.04. The lowest BCUT2D eigenvalue weighted by Gasteiger charge is -2.42. The first-order valence-corrected chi connectivity index (χ1v) is 9.48. The summed E-state index contributed by atoms with van der Waals surface area (Å²) < 4.78 is 11.2. The number of aromatic nitrogens is 2. The lowest BCUT2D eigenvalue weighted by atomic mass is 9.93. The van der Waals surface area contributed by atoms with Crippen LogP contribution in [0.4, 0.5) is 5.82 Å². The van der Waals surface area contributed by atoms with E-state index in [2.05, 4.69) is 21.8 Å². The number of piperazine rings is 1. The van der Waals surface area contributed by atoms with E-state index in [0.29, 0.717) is 30.5 Å². The van der Waals surface area contributed by atoms with Crippen molar-refractivity contribution in [1.82, 2.24) is 14.9 Å². The fourth-order valence-electron chi connectivity index (χ4n) is 3.27. The molecule has 7 heteroatoms. The molecule has 0 aliphatic carbocycles. The van der Waals surface area contributed by atoms with Crippen LogP contribution in [0.3, 0.4) is 0 Å². The molecule has 28 heavy (non-hydrogen) atoms. The van der Waals surface area contributed by atoms with Gasteiger partial charge in [-0.05, 0) is 19.1 Å². The average Bonchev–Trinajstić information content (AvgIpc) is 2.67. The summed E-state index contributed by atoms with van der Waals surface area (Å²) in [5.74, 6) is 2.67. The van der Waals surface area contributed by atoms with Gasteiger partial charge in [0.25, 0.3) is 0 Å². The van der Waals surface area contributed by atoms with Crippen molar-refractivity contribution in [2.45, 2.75) is 33.7 Å². The van der Waals surface area contributed by atoms with Gasteiger partial charge < -0.3 is 19.3 Å². The predicted molar refractivity (Wildman–Crippen MR) is 108 cm³/mol. The number of carbonyl (C=O) groups excluding carboxylic acids is 1. The van der Waals surface area contributed by atoms with Crippen molar-refractivity contribution in [2.75, 3.05) is 31.6 Å². The minimum Gasteiger partial charge on any atom is -0.493 e. The van der Waals surface area contributed by atoms with E-state index in [4.69, 9.17) is 9.47 Å². The third kappa shape index (κ3) is 4.35. The van der Waals surface area contributed by atoms with Crippen LogP contribution in [-0.2, 0) is 4.79 Å². The summed E-state index contributed by atoms with van der Waals surface area (Å²) in [7, 11) is 1.60. The molecule has 1 aromatic heterocycles. The van der Waals surface area contributed by atoms with Crippen LogP contribution >= 0.6 is 0 Å². The molecule has 2 heterocycles. The maximum absolute atomic E-state index is 12.6. The number of carbonyl (C=O) groups is 1. The largest absolute Gasteiger partial charge is 0.493 e. The van der Waals surface area contributed by atoms with Crippen LogP contribution in [0.15, 0.2) is 36.7 Å². The minimum absolute atomic E-state index is 0.106. The zero-order valence-electron chi connectivity index (χ0n) is 17.2. The number of para-hydroxylation sites is 2. The van der Waals surface area contributed by atoms with E-state index < -0.39 is 0 Å². The highest BCUT2D eigenvalue weighted by Crippen LogP contribution is 2.31. The SMILES string of the molecule is COc1ccccc1Oc1cc(N2CCN(C(=O)C(C)(C)C)[C@H](C)C2)ncn1. The molecule has 0 spiro atoms. The Morgan fingerprint density at radius 2 is 1.86 bits per heavy atom.